The fourth-order valence-electron chi connectivity index (χ4n) is 1.36. The van der Waals surface area contributed by atoms with Gasteiger partial charge in [0, 0.05) is 0 Å². The van der Waals surface area contributed by atoms with Gasteiger partial charge in [-0.1, -0.05) is 36.4 Å². The smallest absolute Gasteiger partial charge is 0.378 e. The first-order valence-corrected chi connectivity index (χ1v) is 9.90. The maximum absolute atomic E-state index is 12.2. The third-order valence-electron chi connectivity index (χ3n) is 2.03. The molecule has 0 atom stereocenters. The summed E-state index contributed by atoms with van der Waals surface area (Å²) in [7, 11) is -2.67. The molecule has 0 heterocycles. The molecule has 0 unspecified atom stereocenters. The maximum Gasteiger partial charge on any atom is 0.378 e. The standard InChI is InChI=1S/C12H13O3PSi/c13-16(17,14-11-7-3-1-4-8-11)15-12-9-5-2-6-10-12/h1-10H,17H3. The van der Waals surface area contributed by atoms with Crippen molar-refractivity contribution in [3.8, 4) is 11.5 Å². The van der Waals surface area contributed by atoms with Gasteiger partial charge in [0.2, 0.25) is 0 Å². The van der Waals surface area contributed by atoms with Crippen molar-refractivity contribution in [1.82, 2.24) is 0 Å². The minimum atomic E-state index is -3.00. The van der Waals surface area contributed by atoms with E-state index in [1.54, 1.807) is 24.3 Å². The Morgan fingerprint density at radius 1 is 0.765 bits per heavy atom. The number of rotatable bonds is 4. The van der Waals surface area contributed by atoms with Gasteiger partial charge in [-0.3, -0.25) is 0 Å². The van der Waals surface area contributed by atoms with E-state index in [1.165, 1.54) is 0 Å². The second-order valence-corrected chi connectivity index (χ2v) is 8.77. The number of benzene rings is 2. The SMILES string of the molecule is O=P([SiH3])(Oc1ccccc1)Oc1ccccc1. The zero-order chi connectivity index (χ0) is 12.1. The van der Waals surface area contributed by atoms with Gasteiger partial charge in [-0.05, 0) is 24.3 Å². The lowest BCUT2D eigenvalue weighted by Gasteiger charge is -2.16. The largest absolute Gasteiger partial charge is 0.421 e. The van der Waals surface area contributed by atoms with Crippen molar-refractivity contribution in [2.24, 2.45) is 0 Å². The second-order valence-electron chi connectivity index (χ2n) is 3.58. The summed E-state index contributed by atoms with van der Waals surface area (Å²) in [5, 5.41) is 0. The summed E-state index contributed by atoms with van der Waals surface area (Å²) in [6.07, 6.45) is 0. The van der Waals surface area contributed by atoms with Crippen LogP contribution in [0.4, 0.5) is 0 Å². The Morgan fingerprint density at radius 2 is 1.12 bits per heavy atom. The number of hydrogen-bond acceptors (Lipinski definition) is 3. The predicted octanol–water partition coefficient (Wildman–Crippen LogP) is 2.62. The van der Waals surface area contributed by atoms with Crippen LogP contribution in [0.1, 0.15) is 0 Å². The Hall–Kier alpha value is -1.51. The Morgan fingerprint density at radius 3 is 1.47 bits per heavy atom. The highest BCUT2D eigenvalue weighted by molar-refractivity contribution is 7.80. The van der Waals surface area contributed by atoms with Crippen LogP contribution in [0.5, 0.6) is 11.5 Å². The fourth-order valence-corrected chi connectivity index (χ4v) is 3.68. The van der Waals surface area contributed by atoms with Gasteiger partial charge in [-0.2, -0.15) is 0 Å². The molecule has 0 saturated carbocycles. The highest BCUT2D eigenvalue weighted by atomic mass is 31.4. The minimum absolute atomic E-state index is 0.329. The van der Waals surface area contributed by atoms with Gasteiger partial charge >= 0.3 is 7.14 Å². The van der Waals surface area contributed by atoms with Gasteiger partial charge in [-0.15, -0.1) is 0 Å². The first-order chi connectivity index (χ1) is 8.16. The van der Waals surface area contributed by atoms with E-state index in [4.69, 9.17) is 9.05 Å². The lowest BCUT2D eigenvalue weighted by molar-refractivity contribution is 0.406. The first kappa shape index (κ1) is 12.0. The molecule has 2 rings (SSSR count). The predicted molar refractivity (Wildman–Crippen MR) is 71.7 cm³/mol. The quantitative estimate of drug-likeness (QED) is 0.629. The van der Waals surface area contributed by atoms with Crippen LogP contribution in [0, 0.1) is 0 Å². The van der Waals surface area contributed by atoms with Crippen LogP contribution in [0.15, 0.2) is 60.7 Å². The summed E-state index contributed by atoms with van der Waals surface area (Å²) in [6.45, 7) is 0. The second kappa shape index (κ2) is 5.21. The van der Waals surface area contributed by atoms with Crippen LogP contribution in [0.2, 0.25) is 0 Å². The third kappa shape index (κ3) is 3.77. The summed E-state index contributed by atoms with van der Waals surface area (Å²) >= 11 is 0. The van der Waals surface area contributed by atoms with Crippen LogP contribution in [-0.2, 0) is 4.57 Å². The Bertz CT molecular complexity index is 470. The van der Waals surface area contributed by atoms with Gasteiger partial charge in [0.15, 0.2) is 9.91 Å². The molecule has 0 aliphatic rings. The molecule has 0 aliphatic heterocycles. The molecular weight excluding hydrogens is 251 g/mol. The topological polar surface area (TPSA) is 35.5 Å². The molecule has 2 aromatic carbocycles. The molecule has 2 aromatic rings. The lowest BCUT2D eigenvalue weighted by atomic mass is 10.3. The Labute approximate surface area is 103 Å². The number of hydrogen-bond donors (Lipinski definition) is 0. The molecule has 17 heavy (non-hydrogen) atoms. The lowest BCUT2D eigenvalue weighted by Crippen LogP contribution is -2.00. The molecule has 0 aromatic heterocycles. The molecule has 88 valence electrons. The van der Waals surface area contributed by atoms with E-state index in [1.807, 2.05) is 36.4 Å². The van der Waals surface area contributed by atoms with Crippen LogP contribution in [0.25, 0.3) is 0 Å². The molecule has 0 amide bonds. The van der Waals surface area contributed by atoms with Crippen LogP contribution < -0.4 is 9.05 Å². The van der Waals surface area contributed by atoms with Crippen LogP contribution in [-0.4, -0.2) is 9.91 Å². The summed E-state index contributed by atoms with van der Waals surface area (Å²) < 4.78 is 23.0. The number of para-hydroxylation sites is 2. The van der Waals surface area contributed by atoms with Gasteiger partial charge in [0.05, 0.1) is 0 Å². The molecule has 0 aliphatic carbocycles. The van der Waals surface area contributed by atoms with Gasteiger partial charge in [0.25, 0.3) is 0 Å². The molecule has 0 saturated heterocycles. The van der Waals surface area contributed by atoms with Crippen LogP contribution >= 0.6 is 7.14 Å². The molecule has 3 nitrogen and oxygen atoms in total. The molecule has 5 heteroatoms. The van der Waals surface area contributed by atoms with E-state index < -0.39 is 7.14 Å². The van der Waals surface area contributed by atoms with Gasteiger partial charge < -0.3 is 9.05 Å². The van der Waals surface area contributed by atoms with Crippen molar-refractivity contribution < 1.29 is 13.6 Å². The fraction of sp³-hybridized carbons (Fsp3) is 0. The van der Waals surface area contributed by atoms with E-state index in [-0.39, 0.29) is 0 Å². The maximum atomic E-state index is 12.2. The minimum Gasteiger partial charge on any atom is -0.421 e. The Kier molecular flexibility index (Phi) is 3.67. The first-order valence-electron chi connectivity index (χ1n) is 5.22. The van der Waals surface area contributed by atoms with E-state index in [0.29, 0.717) is 21.4 Å². The van der Waals surface area contributed by atoms with Crippen molar-refractivity contribution in [3.05, 3.63) is 60.7 Å². The van der Waals surface area contributed by atoms with E-state index in [0.717, 1.165) is 0 Å². The van der Waals surface area contributed by atoms with Crippen molar-refractivity contribution in [1.29, 1.82) is 0 Å². The zero-order valence-electron chi connectivity index (χ0n) is 9.45. The molecule has 0 radical (unpaired) electrons. The van der Waals surface area contributed by atoms with Gasteiger partial charge in [-0.25, -0.2) is 4.57 Å². The average Bonchev–Trinajstić information content (AvgIpc) is 2.30. The monoisotopic (exact) mass is 264 g/mol. The summed E-state index contributed by atoms with van der Waals surface area (Å²) in [5.74, 6) is 1.14. The van der Waals surface area contributed by atoms with Crippen molar-refractivity contribution in [2.45, 2.75) is 0 Å². The van der Waals surface area contributed by atoms with Crippen molar-refractivity contribution >= 4 is 17.1 Å². The molecular formula is C12H13O3PSi. The molecule has 0 fully saturated rings. The highest BCUT2D eigenvalue weighted by Gasteiger charge is 2.18. The summed E-state index contributed by atoms with van der Waals surface area (Å²) in [4.78, 5) is 0. The van der Waals surface area contributed by atoms with Crippen molar-refractivity contribution in [3.63, 3.8) is 0 Å². The zero-order valence-corrected chi connectivity index (χ0v) is 12.3. The molecule has 0 N–H and O–H groups in total. The third-order valence-corrected chi connectivity index (χ3v) is 4.21. The Balaban J connectivity index is 2.07. The van der Waals surface area contributed by atoms with E-state index >= 15 is 0 Å². The summed E-state index contributed by atoms with van der Waals surface area (Å²) in [5.41, 5.74) is 0. The van der Waals surface area contributed by atoms with E-state index in [9.17, 15) is 4.57 Å². The van der Waals surface area contributed by atoms with Crippen molar-refractivity contribution in [2.75, 3.05) is 0 Å². The highest BCUT2D eigenvalue weighted by Crippen LogP contribution is 2.43. The summed E-state index contributed by atoms with van der Waals surface area (Å²) in [6, 6.07) is 18.1. The normalized spacial score (nSPS) is 11.1. The molecule has 0 bridgehead atoms. The average molecular weight is 264 g/mol. The molecule has 0 spiro atoms. The van der Waals surface area contributed by atoms with Crippen LogP contribution in [0.3, 0.4) is 0 Å². The van der Waals surface area contributed by atoms with Gasteiger partial charge in [0.1, 0.15) is 11.5 Å². The van der Waals surface area contributed by atoms with E-state index in [2.05, 4.69) is 0 Å².